The Morgan fingerprint density at radius 2 is 1.86 bits per heavy atom. The van der Waals surface area contributed by atoms with Crippen molar-refractivity contribution in [2.24, 2.45) is 0 Å². The highest BCUT2D eigenvalue weighted by atomic mass is 19.1. The fourth-order valence-electron chi connectivity index (χ4n) is 5.00. The first-order valence-corrected chi connectivity index (χ1v) is 11.8. The zero-order chi connectivity index (χ0) is 24.7. The van der Waals surface area contributed by atoms with Gasteiger partial charge in [-0.25, -0.2) is 4.39 Å². The fraction of sp³-hybridized carbons (Fsp3) is 0.385. The van der Waals surface area contributed by atoms with Crippen LogP contribution in [0.2, 0.25) is 0 Å². The number of rotatable bonds is 4. The maximum atomic E-state index is 14.2. The van der Waals surface area contributed by atoms with Gasteiger partial charge in [0.05, 0.1) is 24.6 Å². The lowest BCUT2D eigenvalue weighted by Gasteiger charge is -2.30. The van der Waals surface area contributed by atoms with Crippen LogP contribution in [0.4, 0.5) is 21.6 Å². The molecular weight excluding hydrogens is 451 g/mol. The van der Waals surface area contributed by atoms with Gasteiger partial charge in [0.2, 0.25) is 0 Å². The van der Waals surface area contributed by atoms with Crippen molar-refractivity contribution in [2.45, 2.75) is 18.9 Å². The number of fused-ring (bicyclic) bond motifs is 1. The number of nitrogens with two attached hydrogens (primary N) is 1. The Morgan fingerprint density at radius 3 is 2.57 bits per heavy atom. The Balaban J connectivity index is 1.69. The van der Waals surface area contributed by atoms with Crippen LogP contribution < -0.4 is 21.0 Å². The molecule has 9 heteroatoms. The van der Waals surface area contributed by atoms with Gasteiger partial charge in [-0.3, -0.25) is 9.59 Å². The number of amides is 1. The summed E-state index contributed by atoms with van der Waals surface area (Å²) in [5.41, 5.74) is 8.33. The minimum absolute atomic E-state index is 0.204. The number of hydrogen-bond acceptors (Lipinski definition) is 7. The van der Waals surface area contributed by atoms with E-state index in [-0.39, 0.29) is 17.4 Å². The Hall–Kier alpha value is -3.59. The third-order valence-electron chi connectivity index (χ3n) is 6.67. The highest BCUT2D eigenvalue weighted by Crippen LogP contribution is 2.40. The van der Waals surface area contributed by atoms with E-state index in [0.717, 1.165) is 18.4 Å². The maximum Gasteiger partial charge on any atom is 0.253 e. The summed E-state index contributed by atoms with van der Waals surface area (Å²) in [6.45, 7) is 3.05. The van der Waals surface area contributed by atoms with Gasteiger partial charge in [0.1, 0.15) is 11.4 Å². The van der Waals surface area contributed by atoms with Crippen molar-refractivity contribution in [3.05, 3.63) is 63.6 Å². The predicted molar refractivity (Wildman–Crippen MR) is 134 cm³/mol. The number of morpholine rings is 1. The molecule has 1 atom stereocenters. The van der Waals surface area contributed by atoms with Gasteiger partial charge in [-0.1, -0.05) is 0 Å². The SMILES string of the molecule is CN(C)C(=O)c1cc(C2CCCN2c2cc(N)cc(F)c2)c2oc(N3CCOCC3)cc(=O)c2c1. The van der Waals surface area contributed by atoms with Gasteiger partial charge >= 0.3 is 0 Å². The van der Waals surface area contributed by atoms with Crippen LogP contribution in [0.3, 0.4) is 0 Å². The van der Waals surface area contributed by atoms with Crippen LogP contribution in [-0.4, -0.2) is 57.8 Å². The van der Waals surface area contributed by atoms with Crippen LogP contribution >= 0.6 is 0 Å². The lowest BCUT2D eigenvalue weighted by atomic mass is 9.97. The van der Waals surface area contributed by atoms with Gasteiger partial charge in [-0.05, 0) is 43.2 Å². The topological polar surface area (TPSA) is 92.2 Å². The number of hydrogen-bond donors (Lipinski definition) is 1. The monoisotopic (exact) mass is 480 g/mol. The number of benzene rings is 2. The quantitative estimate of drug-likeness (QED) is 0.572. The molecule has 5 rings (SSSR count). The second-order valence-corrected chi connectivity index (χ2v) is 9.28. The number of carbonyl (C=O) groups is 1. The molecule has 3 heterocycles. The molecule has 0 aliphatic carbocycles. The molecule has 2 fully saturated rings. The summed E-state index contributed by atoms with van der Waals surface area (Å²) in [5, 5.41) is 0.357. The summed E-state index contributed by atoms with van der Waals surface area (Å²) in [7, 11) is 3.35. The molecule has 8 nitrogen and oxygen atoms in total. The first-order chi connectivity index (χ1) is 16.8. The van der Waals surface area contributed by atoms with E-state index in [9.17, 15) is 14.0 Å². The Bertz CT molecular complexity index is 1310. The zero-order valence-electron chi connectivity index (χ0n) is 19.9. The van der Waals surface area contributed by atoms with Crippen molar-refractivity contribution >= 4 is 34.1 Å². The van der Waals surface area contributed by atoms with E-state index >= 15 is 0 Å². The summed E-state index contributed by atoms with van der Waals surface area (Å²) in [6, 6.07) is 9.18. The highest BCUT2D eigenvalue weighted by molar-refractivity contribution is 5.98. The fourth-order valence-corrected chi connectivity index (χ4v) is 5.00. The first kappa shape index (κ1) is 23.2. The molecule has 184 valence electrons. The number of nitrogens with zero attached hydrogens (tertiary/aromatic N) is 3. The van der Waals surface area contributed by atoms with Crippen LogP contribution in [0.25, 0.3) is 11.0 Å². The first-order valence-electron chi connectivity index (χ1n) is 11.8. The summed E-state index contributed by atoms with van der Waals surface area (Å²) in [6.07, 6.45) is 1.62. The van der Waals surface area contributed by atoms with E-state index in [0.29, 0.717) is 66.6 Å². The normalized spacial score (nSPS) is 18.3. The zero-order valence-corrected chi connectivity index (χ0v) is 19.9. The Labute approximate surface area is 202 Å². The van der Waals surface area contributed by atoms with Gasteiger partial charge in [0, 0.05) is 62.3 Å². The average Bonchev–Trinajstić information content (AvgIpc) is 3.33. The Morgan fingerprint density at radius 1 is 1.09 bits per heavy atom. The number of nitrogen functional groups attached to an aromatic ring is 1. The lowest BCUT2D eigenvalue weighted by molar-refractivity contribution is 0.0827. The van der Waals surface area contributed by atoms with Crippen molar-refractivity contribution in [1.29, 1.82) is 0 Å². The highest BCUT2D eigenvalue weighted by Gasteiger charge is 2.31. The molecular formula is C26H29FN4O4. The van der Waals surface area contributed by atoms with Crippen molar-refractivity contribution in [2.75, 3.05) is 62.5 Å². The molecule has 0 bridgehead atoms. The molecule has 3 aromatic rings. The van der Waals surface area contributed by atoms with Gasteiger partial charge in [-0.15, -0.1) is 0 Å². The molecule has 2 aliphatic heterocycles. The van der Waals surface area contributed by atoms with Crippen molar-refractivity contribution in [3.63, 3.8) is 0 Å². The van der Waals surface area contributed by atoms with E-state index in [1.807, 2.05) is 11.0 Å². The number of halogens is 1. The van der Waals surface area contributed by atoms with Gasteiger partial charge < -0.3 is 29.6 Å². The van der Waals surface area contributed by atoms with Crippen LogP contribution in [0, 0.1) is 5.82 Å². The maximum absolute atomic E-state index is 14.2. The van der Waals surface area contributed by atoms with Crippen molar-refractivity contribution in [1.82, 2.24) is 4.90 Å². The standard InChI is InChI=1S/C26H29FN4O4/c1-29(2)26(33)16-10-20(22-4-3-5-31(22)19-13-17(27)12-18(28)14-19)25-21(11-16)23(32)15-24(35-25)30-6-8-34-9-7-30/h10-15,22H,3-9,28H2,1-2H3. The van der Waals surface area contributed by atoms with Crippen LogP contribution in [0.1, 0.15) is 34.8 Å². The molecule has 2 saturated heterocycles. The van der Waals surface area contributed by atoms with Crippen molar-refractivity contribution < 1.29 is 18.3 Å². The molecule has 0 saturated carbocycles. The molecule has 1 aromatic heterocycles. The summed E-state index contributed by atoms with van der Waals surface area (Å²) in [5.74, 6) is -0.129. The largest absolute Gasteiger partial charge is 0.440 e. The van der Waals surface area contributed by atoms with Gasteiger partial charge in [0.25, 0.3) is 5.91 Å². The molecule has 1 amide bonds. The summed E-state index contributed by atoms with van der Waals surface area (Å²) in [4.78, 5) is 31.7. The van der Waals surface area contributed by atoms with E-state index in [1.54, 1.807) is 26.2 Å². The van der Waals surface area contributed by atoms with Crippen molar-refractivity contribution in [3.8, 4) is 0 Å². The second kappa shape index (κ2) is 9.22. The number of ether oxygens (including phenoxy) is 1. The number of carbonyl (C=O) groups excluding carboxylic acids is 1. The van der Waals surface area contributed by atoms with E-state index in [4.69, 9.17) is 14.9 Å². The Kier molecular flexibility index (Phi) is 6.10. The predicted octanol–water partition coefficient (Wildman–Crippen LogP) is 3.39. The van der Waals surface area contributed by atoms with Crippen LogP contribution in [-0.2, 0) is 4.74 Å². The minimum Gasteiger partial charge on any atom is -0.440 e. The van der Waals surface area contributed by atoms with E-state index < -0.39 is 5.82 Å². The van der Waals surface area contributed by atoms with Gasteiger partial charge in [-0.2, -0.15) is 0 Å². The third-order valence-corrected chi connectivity index (χ3v) is 6.67. The van der Waals surface area contributed by atoms with E-state index in [2.05, 4.69) is 4.90 Å². The average molecular weight is 481 g/mol. The molecule has 0 radical (unpaired) electrons. The second-order valence-electron chi connectivity index (χ2n) is 9.28. The lowest BCUT2D eigenvalue weighted by Crippen LogP contribution is -2.36. The molecule has 2 aromatic carbocycles. The van der Waals surface area contributed by atoms with Crippen LogP contribution in [0.15, 0.2) is 45.6 Å². The molecule has 35 heavy (non-hydrogen) atoms. The van der Waals surface area contributed by atoms with Crippen LogP contribution in [0.5, 0.6) is 0 Å². The minimum atomic E-state index is -0.409. The summed E-state index contributed by atoms with van der Waals surface area (Å²) < 4.78 is 26.0. The smallest absolute Gasteiger partial charge is 0.253 e. The molecule has 2 N–H and O–H groups in total. The molecule has 2 aliphatic rings. The molecule has 0 spiro atoms. The summed E-state index contributed by atoms with van der Waals surface area (Å²) >= 11 is 0. The van der Waals surface area contributed by atoms with E-state index in [1.165, 1.54) is 23.1 Å². The molecule has 1 unspecified atom stereocenters. The van der Waals surface area contributed by atoms with Gasteiger partial charge in [0.15, 0.2) is 11.3 Å². The third kappa shape index (κ3) is 4.43. The number of anilines is 3.